The molecule has 156 valence electrons. The number of rotatable bonds is 7. The van der Waals surface area contributed by atoms with Crippen molar-refractivity contribution in [2.45, 2.75) is 23.9 Å². The smallest absolute Gasteiger partial charge is 0.242 e. The van der Waals surface area contributed by atoms with Gasteiger partial charge in [0.15, 0.2) is 11.0 Å². The van der Waals surface area contributed by atoms with Crippen LogP contribution in [0.15, 0.2) is 90.1 Å². The van der Waals surface area contributed by atoms with Crippen molar-refractivity contribution in [3.8, 4) is 11.4 Å². The Labute approximate surface area is 184 Å². The molecule has 4 rings (SSSR count). The van der Waals surface area contributed by atoms with Gasteiger partial charge in [0.05, 0.1) is 0 Å². The van der Waals surface area contributed by atoms with Crippen molar-refractivity contribution < 1.29 is 9.18 Å². The zero-order valence-electron chi connectivity index (χ0n) is 16.9. The molecule has 0 saturated carbocycles. The van der Waals surface area contributed by atoms with Gasteiger partial charge in [-0.3, -0.25) is 4.79 Å². The topological polar surface area (TPSA) is 59.8 Å². The van der Waals surface area contributed by atoms with Gasteiger partial charge < -0.3 is 9.88 Å². The van der Waals surface area contributed by atoms with Gasteiger partial charge in [0.2, 0.25) is 5.91 Å². The van der Waals surface area contributed by atoms with Gasteiger partial charge >= 0.3 is 0 Å². The standard InChI is InChI=1S/C24H21FN4OS/c1-2-29-22(18-11-7-4-8-12-18)27-28-24(29)31-21(17-9-5-3-6-10-17)23(30)26-20-15-13-19(25)14-16-20/h3-16,21H,2H2,1H3,(H,26,30). The molecule has 3 aromatic carbocycles. The Bertz CT molecular complexity index is 1150. The molecule has 7 heteroatoms. The first-order chi connectivity index (χ1) is 15.2. The number of carbonyl (C=O) groups excluding carboxylic acids is 1. The van der Waals surface area contributed by atoms with Crippen molar-refractivity contribution in [1.82, 2.24) is 14.8 Å². The number of hydrogen-bond donors (Lipinski definition) is 1. The Hall–Kier alpha value is -3.45. The summed E-state index contributed by atoms with van der Waals surface area (Å²) in [6.07, 6.45) is 0. The van der Waals surface area contributed by atoms with Crippen molar-refractivity contribution >= 4 is 23.4 Å². The summed E-state index contributed by atoms with van der Waals surface area (Å²) in [5.41, 5.74) is 2.35. The van der Waals surface area contributed by atoms with Crippen LogP contribution in [0.25, 0.3) is 11.4 Å². The molecule has 0 aliphatic carbocycles. The van der Waals surface area contributed by atoms with E-state index in [9.17, 15) is 9.18 Å². The molecule has 31 heavy (non-hydrogen) atoms. The molecular weight excluding hydrogens is 411 g/mol. The van der Waals surface area contributed by atoms with Gasteiger partial charge in [-0.25, -0.2) is 4.39 Å². The third kappa shape index (κ3) is 4.83. The van der Waals surface area contributed by atoms with Gasteiger partial charge in [0, 0.05) is 17.8 Å². The average Bonchev–Trinajstić information content (AvgIpc) is 3.22. The molecular formula is C24H21FN4OS. The van der Waals surface area contributed by atoms with Crippen LogP contribution in [-0.2, 0) is 11.3 Å². The number of halogens is 1. The van der Waals surface area contributed by atoms with E-state index < -0.39 is 5.25 Å². The molecule has 1 N–H and O–H groups in total. The largest absolute Gasteiger partial charge is 0.325 e. The fourth-order valence-corrected chi connectivity index (χ4v) is 4.31. The molecule has 1 heterocycles. The van der Waals surface area contributed by atoms with Crippen molar-refractivity contribution in [3.05, 3.63) is 96.3 Å². The van der Waals surface area contributed by atoms with Gasteiger partial charge in [-0.05, 0) is 36.8 Å². The van der Waals surface area contributed by atoms with Crippen LogP contribution in [-0.4, -0.2) is 20.7 Å². The number of carbonyl (C=O) groups is 1. The first-order valence-corrected chi connectivity index (χ1v) is 10.8. The Balaban J connectivity index is 1.65. The fourth-order valence-electron chi connectivity index (χ4n) is 3.21. The number of nitrogens with one attached hydrogen (secondary N) is 1. The number of hydrogen-bond acceptors (Lipinski definition) is 4. The summed E-state index contributed by atoms with van der Waals surface area (Å²) in [6, 6.07) is 25.1. The number of nitrogens with zero attached hydrogens (tertiary/aromatic N) is 3. The Morgan fingerprint density at radius 2 is 1.61 bits per heavy atom. The minimum atomic E-state index is -0.552. The number of thioether (sulfide) groups is 1. The van der Waals surface area contributed by atoms with E-state index in [4.69, 9.17) is 0 Å². The second-order valence-corrected chi connectivity index (χ2v) is 7.89. The van der Waals surface area contributed by atoms with Crippen LogP contribution in [0.5, 0.6) is 0 Å². The summed E-state index contributed by atoms with van der Waals surface area (Å²) in [5, 5.41) is 11.7. The third-order valence-electron chi connectivity index (χ3n) is 4.74. The van der Waals surface area contributed by atoms with Gasteiger partial charge in [-0.1, -0.05) is 72.4 Å². The molecule has 1 aromatic heterocycles. The normalized spacial score (nSPS) is 11.8. The Kier molecular flexibility index (Phi) is 6.43. The molecule has 0 aliphatic rings. The number of amides is 1. The third-order valence-corrected chi connectivity index (χ3v) is 5.98. The highest BCUT2D eigenvalue weighted by Gasteiger charge is 2.26. The van der Waals surface area contributed by atoms with E-state index >= 15 is 0 Å². The SMILES string of the molecule is CCn1c(SC(C(=O)Nc2ccc(F)cc2)c2ccccc2)nnc1-c1ccccc1. The van der Waals surface area contributed by atoms with E-state index in [1.165, 1.54) is 23.9 Å². The Morgan fingerprint density at radius 1 is 0.968 bits per heavy atom. The van der Waals surface area contributed by atoms with E-state index in [1.807, 2.05) is 72.2 Å². The van der Waals surface area contributed by atoms with Gasteiger partial charge in [0.25, 0.3) is 0 Å². The highest BCUT2D eigenvalue weighted by atomic mass is 32.2. The summed E-state index contributed by atoms with van der Waals surface area (Å²) in [5.74, 6) is 0.197. The molecule has 1 amide bonds. The fraction of sp³-hybridized carbons (Fsp3) is 0.125. The van der Waals surface area contributed by atoms with Crippen LogP contribution in [0.3, 0.4) is 0 Å². The minimum Gasteiger partial charge on any atom is -0.325 e. The summed E-state index contributed by atoms with van der Waals surface area (Å²) >= 11 is 1.34. The van der Waals surface area contributed by atoms with Crippen molar-refractivity contribution in [1.29, 1.82) is 0 Å². The second kappa shape index (κ2) is 9.57. The van der Waals surface area contributed by atoms with E-state index in [1.54, 1.807) is 12.1 Å². The maximum absolute atomic E-state index is 13.2. The molecule has 1 atom stereocenters. The molecule has 5 nitrogen and oxygen atoms in total. The maximum Gasteiger partial charge on any atom is 0.242 e. The van der Waals surface area contributed by atoms with E-state index in [0.717, 1.165) is 17.0 Å². The van der Waals surface area contributed by atoms with E-state index in [-0.39, 0.29) is 11.7 Å². The lowest BCUT2D eigenvalue weighted by atomic mass is 10.1. The summed E-state index contributed by atoms with van der Waals surface area (Å²) < 4.78 is 15.2. The average molecular weight is 433 g/mol. The van der Waals surface area contributed by atoms with Crippen LogP contribution in [0.4, 0.5) is 10.1 Å². The lowest BCUT2D eigenvalue weighted by Crippen LogP contribution is -2.19. The lowest BCUT2D eigenvalue weighted by Gasteiger charge is -2.17. The summed E-state index contributed by atoms with van der Waals surface area (Å²) in [6.45, 7) is 2.69. The molecule has 0 fully saturated rings. The van der Waals surface area contributed by atoms with Gasteiger partial charge in [-0.2, -0.15) is 0 Å². The second-order valence-electron chi connectivity index (χ2n) is 6.82. The van der Waals surface area contributed by atoms with Crippen molar-refractivity contribution in [3.63, 3.8) is 0 Å². The first kappa shape index (κ1) is 20.8. The molecule has 0 radical (unpaired) electrons. The maximum atomic E-state index is 13.2. The monoisotopic (exact) mass is 432 g/mol. The van der Waals surface area contributed by atoms with Gasteiger partial charge in [0.1, 0.15) is 11.1 Å². The lowest BCUT2D eigenvalue weighted by molar-refractivity contribution is -0.115. The zero-order chi connectivity index (χ0) is 21.6. The highest BCUT2D eigenvalue weighted by Crippen LogP contribution is 2.36. The predicted octanol–water partition coefficient (Wildman–Crippen LogP) is 5.58. The van der Waals surface area contributed by atoms with Gasteiger partial charge in [-0.15, -0.1) is 10.2 Å². The molecule has 4 aromatic rings. The van der Waals surface area contributed by atoms with Crippen LogP contribution >= 0.6 is 11.8 Å². The van der Waals surface area contributed by atoms with Crippen LogP contribution < -0.4 is 5.32 Å². The van der Waals surface area contributed by atoms with Crippen LogP contribution in [0, 0.1) is 5.82 Å². The molecule has 0 aliphatic heterocycles. The summed E-state index contributed by atoms with van der Waals surface area (Å²) in [4.78, 5) is 13.2. The molecule has 1 unspecified atom stereocenters. The van der Waals surface area contributed by atoms with Crippen LogP contribution in [0.2, 0.25) is 0 Å². The van der Waals surface area contributed by atoms with Crippen LogP contribution in [0.1, 0.15) is 17.7 Å². The summed E-state index contributed by atoms with van der Waals surface area (Å²) in [7, 11) is 0. The van der Waals surface area contributed by atoms with E-state index in [2.05, 4.69) is 15.5 Å². The highest BCUT2D eigenvalue weighted by molar-refractivity contribution is 8.00. The number of anilines is 1. The van der Waals surface area contributed by atoms with Crippen molar-refractivity contribution in [2.75, 3.05) is 5.32 Å². The number of benzene rings is 3. The molecule has 0 bridgehead atoms. The quantitative estimate of drug-likeness (QED) is 0.388. The molecule has 0 spiro atoms. The molecule has 0 saturated heterocycles. The number of aromatic nitrogens is 3. The van der Waals surface area contributed by atoms with Crippen molar-refractivity contribution in [2.24, 2.45) is 0 Å². The zero-order valence-corrected chi connectivity index (χ0v) is 17.7. The first-order valence-electron chi connectivity index (χ1n) is 9.92. The predicted molar refractivity (Wildman–Crippen MR) is 121 cm³/mol. The van der Waals surface area contributed by atoms with E-state index in [0.29, 0.717) is 17.4 Å². The Morgan fingerprint density at radius 3 is 2.26 bits per heavy atom. The minimum absolute atomic E-state index is 0.213.